The first kappa shape index (κ1) is 18.0. The molecule has 2 aromatic rings. The van der Waals surface area contributed by atoms with E-state index in [9.17, 15) is 10.0 Å². The van der Waals surface area contributed by atoms with Crippen molar-refractivity contribution in [3.8, 4) is 11.1 Å². The summed E-state index contributed by atoms with van der Waals surface area (Å²) in [6.07, 6.45) is 2.08. The molecule has 3 N–H and O–H groups in total. The molecule has 6 heteroatoms. The molecule has 0 aliphatic rings. The molecular weight excluding hydrogens is 328 g/mol. The van der Waals surface area contributed by atoms with Crippen LogP contribution in [0.4, 0.5) is 0 Å². The van der Waals surface area contributed by atoms with Crippen LogP contribution in [-0.2, 0) is 4.79 Å². The molecule has 0 fully saturated rings. The Morgan fingerprint density at radius 2 is 1.50 bits per heavy atom. The number of hydroxylamine groups is 1. The highest BCUT2D eigenvalue weighted by Crippen LogP contribution is 2.22. The van der Waals surface area contributed by atoms with Crippen molar-refractivity contribution >= 4 is 23.2 Å². The van der Waals surface area contributed by atoms with Crippen LogP contribution in [0.1, 0.15) is 31.2 Å². The summed E-state index contributed by atoms with van der Waals surface area (Å²) in [6, 6.07) is 15.3. The maximum atomic E-state index is 10.9. The number of rotatable bonds is 7. The second-order valence-electron chi connectivity index (χ2n) is 5.37. The number of carbonyl (C=O) groups is 1. The number of halogens is 1. The minimum absolute atomic E-state index is 0.241. The van der Waals surface area contributed by atoms with Crippen LogP contribution in [-0.4, -0.2) is 22.0 Å². The first-order valence-electron chi connectivity index (χ1n) is 7.64. The van der Waals surface area contributed by atoms with Gasteiger partial charge < -0.3 is 5.21 Å². The lowest BCUT2D eigenvalue weighted by molar-refractivity contribution is -0.129. The molecule has 0 spiro atoms. The van der Waals surface area contributed by atoms with Gasteiger partial charge in [-0.1, -0.05) is 53.2 Å². The lowest BCUT2D eigenvalue weighted by Gasteiger charge is -2.07. The van der Waals surface area contributed by atoms with E-state index in [1.54, 1.807) is 5.48 Å². The molecule has 1 amide bonds. The van der Waals surface area contributed by atoms with Crippen LogP contribution in [0.25, 0.3) is 11.1 Å². The van der Waals surface area contributed by atoms with E-state index in [1.165, 1.54) is 0 Å². The summed E-state index contributed by atoms with van der Waals surface area (Å²) in [6.45, 7) is 0. The van der Waals surface area contributed by atoms with Crippen LogP contribution in [0, 0.1) is 0 Å². The lowest BCUT2D eigenvalue weighted by atomic mass is 9.99. The van der Waals surface area contributed by atoms with E-state index in [0.717, 1.165) is 16.7 Å². The molecule has 2 aromatic carbocycles. The van der Waals surface area contributed by atoms with Crippen LogP contribution in [0.3, 0.4) is 0 Å². The van der Waals surface area contributed by atoms with Crippen molar-refractivity contribution in [2.24, 2.45) is 5.16 Å². The average molecular weight is 347 g/mol. The lowest BCUT2D eigenvalue weighted by Crippen LogP contribution is -2.17. The zero-order chi connectivity index (χ0) is 17.4. The van der Waals surface area contributed by atoms with Gasteiger partial charge in [0.05, 0.1) is 5.71 Å². The average Bonchev–Trinajstić information content (AvgIpc) is 2.62. The normalized spacial score (nSPS) is 11.3. The number of hydrogen-bond acceptors (Lipinski definition) is 4. The molecule has 0 atom stereocenters. The number of carbonyl (C=O) groups excluding carboxylic acids is 1. The van der Waals surface area contributed by atoms with Gasteiger partial charge in [0.2, 0.25) is 5.91 Å². The van der Waals surface area contributed by atoms with Crippen molar-refractivity contribution in [2.45, 2.75) is 25.7 Å². The van der Waals surface area contributed by atoms with Crippen LogP contribution >= 0.6 is 11.6 Å². The molecule has 0 saturated heterocycles. The third-order valence-corrected chi connectivity index (χ3v) is 3.96. The Morgan fingerprint density at radius 3 is 2.04 bits per heavy atom. The Morgan fingerprint density at radius 1 is 0.958 bits per heavy atom. The van der Waals surface area contributed by atoms with Crippen molar-refractivity contribution in [3.63, 3.8) is 0 Å². The Kier molecular flexibility index (Phi) is 6.78. The first-order chi connectivity index (χ1) is 11.6. The summed E-state index contributed by atoms with van der Waals surface area (Å²) in [5.41, 5.74) is 5.11. The minimum atomic E-state index is -0.412. The smallest absolute Gasteiger partial charge is 0.243 e. The van der Waals surface area contributed by atoms with E-state index in [4.69, 9.17) is 16.8 Å². The van der Waals surface area contributed by atoms with Gasteiger partial charge in [-0.15, -0.1) is 0 Å². The second kappa shape index (κ2) is 9.05. The van der Waals surface area contributed by atoms with Crippen molar-refractivity contribution in [1.82, 2.24) is 5.48 Å². The zero-order valence-corrected chi connectivity index (χ0v) is 13.8. The summed E-state index contributed by atoms with van der Waals surface area (Å²) in [4.78, 5) is 10.9. The Labute approximate surface area is 145 Å². The number of benzene rings is 2. The van der Waals surface area contributed by atoms with Crippen molar-refractivity contribution in [3.05, 3.63) is 59.1 Å². The number of nitrogens with zero attached hydrogens (tertiary/aromatic N) is 1. The van der Waals surface area contributed by atoms with E-state index < -0.39 is 5.91 Å². The summed E-state index contributed by atoms with van der Waals surface area (Å²) in [5, 5.41) is 21.7. The van der Waals surface area contributed by atoms with Crippen LogP contribution < -0.4 is 5.48 Å². The fourth-order valence-electron chi connectivity index (χ4n) is 2.38. The molecule has 0 saturated carbocycles. The van der Waals surface area contributed by atoms with Gasteiger partial charge in [-0.2, -0.15) is 0 Å². The highest BCUT2D eigenvalue weighted by atomic mass is 35.5. The van der Waals surface area contributed by atoms with E-state index in [2.05, 4.69) is 5.16 Å². The molecule has 2 rings (SSSR count). The molecular formula is C18H19ClN2O3. The van der Waals surface area contributed by atoms with Gasteiger partial charge in [0.1, 0.15) is 0 Å². The topological polar surface area (TPSA) is 81.9 Å². The van der Waals surface area contributed by atoms with Crippen LogP contribution in [0.5, 0.6) is 0 Å². The van der Waals surface area contributed by atoms with Gasteiger partial charge >= 0.3 is 0 Å². The SMILES string of the molecule is O=C(CCCC/C(=N/O)c1ccc(-c2ccc(Cl)cc2)cc1)NO. The Bertz CT molecular complexity index is 697. The van der Waals surface area contributed by atoms with Gasteiger partial charge in [0.15, 0.2) is 0 Å². The predicted octanol–water partition coefficient (Wildman–Crippen LogP) is 4.25. The third-order valence-electron chi connectivity index (χ3n) is 3.71. The minimum Gasteiger partial charge on any atom is -0.411 e. The standard InChI is InChI=1S/C18H19ClN2O3/c19-16-11-9-14(10-12-16)13-5-7-15(8-6-13)17(20-23)3-1-2-4-18(22)21-24/h5-12,23-24H,1-4H2,(H,21,22)/b20-17-. The number of nitrogens with one attached hydrogen (secondary N) is 1. The number of oxime groups is 1. The zero-order valence-electron chi connectivity index (χ0n) is 13.1. The third kappa shape index (κ3) is 5.08. The largest absolute Gasteiger partial charge is 0.411 e. The molecule has 126 valence electrons. The Hall–Kier alpha value is -2.37. The summed E-state index contributed by atoms with van der Waals surface area (Å²) >= 11 is 5.89. The summed E-state index contributed by atoms with van der Waals surface area (Å²) < 4.78 is 0. The van der Waals surface area contributed by atoms with Gasteiger partial charge in [-0.25, -0.2) is 5.48 Å². The fraction of sp³-hybridized carbons (Fsp3) is 0.222. The van der Waals surface area contributed by atoms with E-state index in [-0.39, 0.29) is 6.42 Å². The molecule has 0 aliphatic carbocycles. The molecule has 0 bridgehead atoms. The number of amides is 1. The van der Waals surface area contributed by atoms with Crippen molar-refractivity contribution in [1.29, 1.82) is 0 Å². The monoisotopic (exact) mass is 346 g/mol. The van der Waals surface area contributed by atoms with Gasteiger partial charge in [-0.05, 0) is 48.1 Å². The summed E-state index contributed by atoms with van der Waals surface area (Å²) in [5.74, 6) is -0.412. The highest BCUT2D eigenvalue weighted by molar-refractivity contribution is 6.30. The molecule has 0 radical (unpaired) electrons. The highest BCUT2D eigenvalue weighted by Gasteiger charge is 2.07. The second-order valence-corrected chi connectivity index (χ2v) is 5.81. The van der Waals surface area contributed by atoms with E-state index in [1.807, 2.05) is 48.5 Å². The molecule has 0 unspecified atom stereocenters. The molecule has 24 heavy (non-hydrogen) atoms. The van der Waals surface area contributed by atoms with Crippen molar-refractivity contribution < 1.29 is 15.2 Å². The van der Waals surface area contributed by atoms with E-state index >= 15 is 0 Å². The Balaban J connectivity index is 1.97. The first-order valence-corrected chi connectivity index (χ1v) is 8.02. The molecule has 0 aromatic heterocycles. The maximum Gasteiger partial charge on any atom is 0.243 e. The van der Waals surface area contributed by atoms with Crippen LogP contribution in [0.2, 0.25) is 5.02 Å². The molecule has 5 nitrogen and oxygen atoms in total. The maximum absolute atomic E-state index is 10.9. The van der Waals surface area contributed by atoms with Crippen molar-refractivity contribution in [2.75, 3.05) is 0 Å². The predicted molar refractivity (Wildman–Crippen MR) is 93.6 cm³/mol. The number of hydrogen-bond donors (Lipinski definition) is 3. The number of unbranched alkanes of at least 4 members (excludes halogenated alkanes) is 1. The molecule has 0 aliphatic heterocycles. The van der Waals surface area contributed by atoms with Gasteiger partial charge in [0.25, 0.3) is 0 Å². The van der Waals surface area contributed by atoms with Crippen LogP contribution in [0.15, 0.2) is 53.7 Å². The van der Waals surface area contributed by atoms with E-state index in [0.29, 0.717) is 30.0 Å². The summed E-state index contributed by atoms with van der Waals surface area (Å²) in [7, 11) is 0. The molecule has 0 heterocycles. The van der Waals surface area contributed by atoms with Gasteiger partial charge in [-0.3, -0.25) is 10.0 Å². The van der Waals surface area contributed by atoms with Gasteiger partial charge in [0, 0.05) is 11.4 Å². The fourth-order valence-corrected chi connectivity index (χ4v) is 2.51. The quantitative estimate of drug-likeness (QED) is 0.230.